The van der Waals surface area contributed by atoms with Crippen molar-refractivity contribution in [3.63, 3.8) is 0 Å². The smallest absolute Gasteiger partial charge is 0.289 e. The molecule has 3 N–H and O–H groups in total. The van der Waals surface area contributed by atoms with Crippen molar-refractivity contribution in [3.05, 3.63) is 52.7 Å². The summed E-state index contributed by atoms with van der Waals surface area (Å²) < 4.78 is 26.5. The van der Waals surface area contributed by atoms with Crippen molar-refractivity contribution in [2.24, 2.45) is 0 Å². The average Bonchev–Trinajstić information content (AvgIpc) is 2.38. The molecule has 104 valence electrons. The third-order valence-corrected chi connectivity index (χ3v) is 3.81. The summed E-state index contributed by atoms with van der Waals surface area (Å²) in [6.07, 6.45) is 1.33. The zero-order chi connectivity index (χ0) is 14.8. The van der Waals surface area contributed by atoms with Crippen LogP contribution in [0.4, 0.5) is 17.2 Å². The molecule has 0 aliphatic heterocycles. The van der Waals surface area contributed by atoms with Crippen molar-refractivity contribution in [2.75, 3.05) is 10.5 Å². The SMILES string of the molecule is Nc1cc(NS(=O)(=O)c2ccccc2[N+](=O)[O-])ccn1. The van der Waals surface area contributed by atoms with Gasteiger partial charge in [0.2, 0.25) is 0 Å². The van der Waals surface area contributed by atoms with E-state index in [0.717, 1.165) is 12.1 Å². The molecule has 0 aliphatic carbocycles. The van der Waals surface area contributed by atoms with Crippen LogP contribution in [0.5, 0.6) is 0 Å². The topological polar surface area (TPSA) is 128 Å². The maximum atomic E-state index is 12.2. The zero-order valence-electron chi connectivity index (χ0n) is 10.1. The standard InChI is InChI=1S/C11H10N4O4S/c12-11-7-8(5-6-13-11)14-20(18,19)10-4-2-1-3-9(10)15(16)17/h1-7H,(H3,12,13,14). The second-order valence-electron chi connectivity index (χ2n) is 3.80. The van der Waals surface area contributed by atoms with Crippen molar-refractivity contribution >= 4 is 27.2 Å². The number of pyridine rings is 1. The highest BCUT2D eigenvalue weighted by molar-refractivity contribution is 7.92. The van der Waals surface area contributed by atoms with Gasteiger partial charge in [0, 0.05) is 18.3 Å². The van der Waals surface area contributed by atoms with Gasteiger partial charge in [0.25, 0.3) is 15.7 Å². The summed E-state index contributed by atoms with van der Waals surface area (Å²) in [7, 11) is -4.08. The van der Waals surface area contributed by atoms with E-state index in [2.05, 4.69) is 9.71 Å². The van der Waals surface area contributed by atoms with Gasteiger partial charge in [0.15, 0.2) is 4.90 Å². The molecular formula is C11H10N4O4S. The quantitative estimate of drug-likeness (QED) is 0.647. The second kappa shape index (κ2) is 5.13. The number of benzene rings is 1. The van der Waals surface area contributed by atoms with Gasteiger partial charge in [-0.2, -0.15) is 0 Å². The van der Waals surface area contributed by atoms with Crippen LogP contribution in [-0.2, 0) is 10.0 Å². The number of para-hydroxylation sites is 1. The summed E-state index contributed by atoms with van der Waals surface area (Å²) in [5.41, 5.74) is 5.12. The lowest BCUT2D eigenvalue weighted by atomic mass is 10.3. The first kappa shape index (κ1) is 13.7. The Morgan fingerprint density at radius 3 is 2.60 bits per heavy atom. The highest BCUT2D eigenvalue weighted by Gasteiger charge is 2.25. The highest BCUT2D eigenvalue weighted by Crippen LogP contribution is 2.25. The monoisotopic (exact) mass is 294 g/mol. The molecule has 1 heterocycles. The summed E-state index contributed by atoms with van der Waals surface area (Å²) in [5.74, 6) is 0.132. The first-order valence-electron chi connectivity index (χ1n) is 5.38. The molecule has 0 amide bonds. The molecule has 1 aromatic heterocycles. The maximum absolute atomic E-state index is 12.2. The van der Waals surface area contributed by atoms with Crippen LogP contribution in [0.3, 0.4) is 0 Å². The van der Waals surface area contributed by atoms with Gasteiger partial charge in [-0.1, -0.05) is 12.1 Å². The molecule has 0 aliphatic rings. The number of aromatic nitrogens is 1. The summed E-state index contributed by atoms with van der Waals surface area (Å²) in [6, 6.07) is 7.78. The predicted octanol–water partition coefficient (Wildman–Crippen LogP) is 1.37. The van der Waals surface area contributed by atoms with Crippen molar-refractivity contribution in [1.82, 2.24) is 4.98 Å². The molecular weight excluding hydrogens is 284 g/mol. The lowest BCUT2D eigenvalue weighted by Gasteiger charge is -2.08. The van der Waals surface area contributed by atoms with E-state index in [-0.39, 0.29) is 11.5 Å². The molecule has 0 unspecified atom stereocenters. The molecule has 0 saturated heterocycles. The minimum Gasteiger partial charge on any atom is -0.384 e. The van der Waals surface area contributed by atoms with Crippen LogP contribution in [-0.4, -0.2) is 18.3 Å². The normalized spacial score (nSPS) is 11.0. The lowest BCUT2D eigenvalue weighted by Crippen LogP contribution is -2.14. The average molecular weight is 294 g/mol. The Bertz CT molecular complexity index is 761. The van der Waals surface area contributed by atoms with E-state index in [1.165, 1.54) is 30.5 Å². The second-order valence-corrected chi connectivity index (χ2v) is 5.45. The van der Waals surface area contributed by atoms with Gasteiger partial charge in [-0.15, -0.1) is 0 Å². The maximum Gasteiger partial charge on any atom is 0.289 e. The number of nitrogens with two attached hydrogens (primary N) is 1. The van der Waals surface area contributed by atoms with Gasteiger partial charge in [0.1, 0.15) is 5.82 Å². The van der Waals surface area contributed by atoms with Crippen LogP contribution >= 0.6 is 0 Å². The number of nitrogens with zero attached hydrogens (tertiary/aromatic N) is 2. The molecule has 0 bridgehead atoms. The third kappa shape index (κ3) is 2.83. The van der Waals surface area contributed by atoms with Crippen LogP contribution in [0.1, 0.15) is 0 Å². The van der Waals surface area contributed by atoms with Crippen molar-refractivity contribution in [1.29, 1.82) is 0 Å². The summed E-state index contributed by atoms with van der Waals surface area (Å²) >= 11 is 0. The Morgan fingerprint density at radius 2 is 1.95 bits per heavy atom. The molecule has 0 fully saturated rings. The van der Waals surface area contributed by atoms with Crippen LogP contribution in [0.2, 0.25) is 0 Å². The van der Waals surface area contributed by atoms with Gasteiger partial charge in [-0.05, 0) is 12.1 Å². The Hall–Kier alpha value is -2.68. The van der Waals surface area contributed by atoms with Crippen LogP contribution in [0, 0.1) is 10.1 Å². The van der Waals surface area contributed by atoms with Crippen molar-refractivity contribution in [2.45, 2.75) is 4.90 Å². The van der Waals surface area contributed by atoms with Gasteiger partial charge in [-0.25, -0.2) is 13.4 Å². The number of nitro benzene ring substituents is 1. The van der Waals surface area contributed by atoms with E-state index in [0.29, 0.717) is 0 Å². The fourth-order valence-electron chi connectivity index (χ4n) is 1.56. The molecule has 20 heavy (non-hydrogen) atoms. The lowest BCUT2D eigenvalue weighted by molar-refractivity contribution is -0.387. The third-order valence-electron chi connectivity index (χ3n) is 2.38. The Morgan fingerprint density at radius 1 is 1.25 bits per heavy atom. The molecule has 0 spiro atoms. The van der Waals surface area contributed by atoms with Gasteiger partial charge in [0.05, 0.1) is 10.6 Å². The highest BCUT2D eigenvalue weighted by atomic mass is 32.2. The first-order valence-corrected chi connectivity index (χ1v) is 6.86. The largest absolute Gasteiger partial charge is 0.384 e. The molecule has 0 saturated carbocycles. The molecule has 8 nitrogen and oxygen atoms in total. The van der Waals surface area contributed by atoms with E-state index in [9.17, 15) is 18.5 Å². The summed E-state index contributed by atoms with van der Waals surface area (Å²) in [4.78, 5) is 13.4. The van der Waals surface area contributed by atoms with E-state index < -0.39 is 25.5 Å². The molecule has 0 radical (unpaired) electrons. The molecule has 9 heteroatoms. The van der Waals surface area contributed by atoms with Gasteiger partial charge < -0.3 is 5.73 Å². The fourth-order valence-corrected chi connectivity index (χ4v) is 2.78. The Labute approximate surface area is 114 Å². The van der Waals surface area contributed by atoms with E-state index in [1.54, 1.807) is 0 Å². The number of nitrogen functional groups attached to an aromatic ring is 1. The van der Waals surface area contributed by atoms with Crippen molar-refractivity contribution in [3.8, 4) is 0 Å². The van der Waals surface area contributed by atoms with Gasteiger partial charge in [-0.3, -0.25) is 14.8 Å². The van der Waals surface area contributed by atoms with E-state index >= 15 is 0 Å². The Balaban J connectivity index is 2.44. The predicted molar refractivity (Wildman–Crippen MR) is 72.6 cm³/mol. The molecule has 1 aromatic carbocycles. The minimum atomic E-state index is -4.08. The molecule has 2 aromatic rings. The van der Waals surface area contributed by atoms with Crippen LogP contribution < -0.4 is 10.5 Å². The fraction of sp³-hybridized carbons (Fsp3) is 0. The number of anilines is 2. The van der Waals surface area contributed by atoms with E-state index in [4.69, 9.17) is 5.73 Å². The number of nitro groups is 1. The van der Waals surface area contributed by atoms with Crippen LogP contribution in [0.25, 0.3) is 0 Å². The number of hydrogen-bond acceptors (Lipinski definition) is 6. The zero-order valence-corrected chi connectivity index (χ0v) is 10.9. The van der Waals surface area contributed by atoms with E-state index in [1.807, 2.05) is 0 Å². The summed E-state index contributed by atoms with van der Waals surface area (Å²) in [5, 5.41) is 10.9. The molecule has 2 rings (SSSR count). The summed E-state index contributed by atoms with van der Waals surface area (Å²) in [6.45, 7) is 0. The minimum absolute atomic E-state index is 0.132. The van der Waals surface area contributed by atoms with Gasteiger partial charge >= 0.3 is 0 Å². The number of nitrogens with one attached hydrogen (secondary N) is 1. The van der Waals surface area contributed by atoms with Crippen molar-refractivity contribution < 1.29 is 13.3 Å². The first-order chi connectivity index (χ1) is 9.40. The Kier molecular flexibility index (Phi) is 3.53. The number of rotatable bonds is 4. The number of hydrogen-bond donors (Lipinski definition) is 2. The molecule has 0 atom stereocenters. The van der Waals surface area contributed by atoms with Crippen LogP contribution in [0.15, 0.2) is 47.5 Å². The number of sulfonamides is 1.